The van der Waals surface area contributed by atoms with E-state index in [1.807, 2.05) is 23.1 Å². The van der Waals surface area contributed by atoms with Crippen LogP contribution < -0.4 is 4.90 Å². The van der Waals surface area contributed by atoms with Crippen LogP contribution in [0.2, 0.25) is 0 Å². The number of hydrogen-bond donors (Lipinski definition) is 0. The van der Waals surface area contributed by atoms with E-state index >= 15 is 0 Å². The Morgan fingerprint density at radius 2 is 2.21 bits per heavy atom. The van der Waals surface area contributed by atoms with E-state index in [0.717, 1.165) is 26.7 Å². The first-order valence-electron chi connectivity index (χ1n) is 4.44. The van der Waals surface area contributed by atoms with Crippen molar-refractivity contribution in [2.45, 2.75) is 12.8 Å². The number of nitrogens with zero attached hydrogens (tertiary/aromatic N) is 1. The first kappa shape index (κ1) is 10.4. The molecule has 2 nitrogen and oxygen atoms in total. The summed E-state index contributed by atoms with van der Waals surface area (Å²) >= 11 is 5.68. The van der Waals surface area contributed by atoms with Crippen LogP contribution in [-0.4, -0.2) is 12.5 Å². The minimum atomic E-state index is 0.237. The SMILES string of the molecule is O=C1CCCN1c1cc(Br)ccc1I. The fourth-order valence-corrected chi connectivity index (χ4v) is 2.57. The molecule has 0 bridgehead atoms. The summed E-state index contributed by atoms with van der Waals surface area (Å²) in [4.78, 5) is 13.4. The number of hydrogen-bond acceptors (Lipinski definition) is 1. The van der Waals surface area contributed by atoms with Crippen molar-refractivity contribution in [2.75, 3.05) is 11.4 Å². The fraction of sp³-hybridized carbons (Fsp3) is 0.300. The molecule has 0 aromatic heterocycles. The molecule has 14 heavy (non-hydrogen) atoms. The van der Waals surface area contributed by atoms with Gasteiger partial charge in [0.15, 0.2) is 0 Å². The molecule has 1 aromatic carbocycles. The van der Waals surface area contributed by atoms with Gasteiger partial charge in [0.2, 0.25) is 5.91 Å². The van der Waals surface area contributed by atoms with Crippen molar-refractivity contribution in [1.29, 1.82) is 0 Å². The van der Waals surface area contributed by atoms with Crippen LogP contribution >= 0.6 is 38.5 Å². The van der Waals surface area contributed by atoms with E-state index in [4.69, 9.17) is 0 Å². The standard InChI is InChI=1S/C10H9BrINO/c11-7-3-4-8(12)9(6-7)13-5-1-2-10(13)14/h3-4,6H,1-2,5H2. The highest BCUT2D eigenvalue weighted by Crippen LogP contribution is 2.29. The molecule has 2 rings (SSSR count). The minimum absolute atomic E-state index is 0.237. The normalized spacial score (nSPS) is 16.4. The molecule has 0 spiro atoms. The third-order valence-electron chi connectivity index (χ3n) is 2.27. The van der Waals surface area contributed by atoms with Gasteiger partial charge in [0.05, 0.1) is 5.69 Å². The first-order valence-corrected chi connectivity index (χ1v) is 6.31. The van der Waals surface area contributed by atoms with Crippen LogP contribution in [0.25, 0.3) is 0 Å². The number of benzene rings is 1. The van der Waals surface area contributed by atoms with Crippen LogP contribution in [0.15, 0.2) is 22.7 Å². The van der Waals surface area contributed by atoms with E-state index in [9.17, 15) is 4.79 Å². The van der Waals surface area contributed by atoms with E-state index in [2.05, 4.69) is 38.5 Å². The number of carbonyl (C=O) groups is 1. The summed E-state index contributed by atoms with van der Waals surface area (Å²) in [5.74, 6) is 0.237. The Hall–Kier alpha value is -0.100. The maximum atomic E-state index is 11.5. The van der Waals surface area contributed by atoms with Gasteiger partial charge in [-0.15, -0.1) is 0 Å². The summed E-state index contributed by atoms with van der Waals surface area (Å²) in [7, 11) is 0. The summed E-state index contributed by atoms with van der Waals surface area (Å²) in [6, 6.07) is 6.02. The molecule has 0 N–H and O–H groups in total. The van der Waals surface area contributed by atoms with Gasteiger partial charge in [0, 0.05) is 21.0 Å². The lowest BCUT2D eigenvalue weighted by Gasteiger charge is -2.17. The number of anilines is 1. The van der Waals surface area contributed by atoms with Crippen molar-refractivity contribution in [3.05, 3.63) is 26.2 Å². The van der Waals surface area contributed by atoms with Gasteiger partial charge in [-0.2, -0.15) is 0 Å². The molecule has 0 aliphatic carbocycles. The number of rotatable bonds is 1. The molecule has 1 aromatic rings. The molecule has 1 saturated heterocycles. The smallest absolute Gasteiger partial charge is 0.227 e. The topological polar surface area (TPSA) is 20.3 Å². The molecule has 4 heteroatoms. The quantitative estimate of drug-likeness (QED) is 0.700. The average Bonchev–Trinajstić information content (AvgIpc) is 2.56. The van der Waals surface area contributed by atoms with Crippen LogP contribution in [0.3, 0.4) is 0 Å². The zero-order chi connectivity index (χ0) is 10.1. The zero-order valence-electron chi connectivity index (χ0n) is 7.46. The number of halogens is 2. The largest absolute Gasteiger partial charge is 0.311 e. The third kappa shape index (κ3) is 1.95. The van der Waals surface area contributed by atoms with Crippen molar-refractivity contribution >= 4 is 50.1 Å². The van der Waals surface area contributed by atoms with Gasteiger partial charge in [-0.05, 0) is 47.2 Å². The molecule has 1 heterocycles. The molecular formula is C10H9BrINO. The van der Waals surface area contributed by atoms with Crippen molar-refractivity contribution in [3.63, 3.8) is 0 Å². The van der Waals surface area contributed by atoms with Gasteiger partial charge in [-0.1, -0.05) is 15.9 Å². The van der Waals surface area contributed by atoms with Gasteiger partial charge in [0.1, 0.15) is 0 Å². The predicted octanol–water partition coefficient (Wildman–Crippen LogP) is 3.18. The average molecular weight is 366 g/mol. The van der Waals surface area contributed by atoms with Gasteiger partial charge in [-0.3, -0.25) is 4.79 Å². The second-order valence-corrected chi connectivity index (χ2v) is 5.32. The summed E-state index contributed by atoms with van der Waals surface area (Å²) in [6.45, 7) is 0.852. The van der Waals surface area contributed by atoms with Gasteiger partial charge >= 0.3 is 0 Å². The molecule has 1 aliphatic rings. The Balaban J connectivity index is 2.39. The fourth-order valence-electron chi connectivity index (χ4n) is 1.60. The Kier molecular flexibility index (Phi) is 3.11. The van der Waals surface area contributed by atoms with Crippen LogP contribution in [0.1, 0.15) is 12.8 Å². The van der Waals surface area contributed by atoms with Crippen LogP contribution in [0.5, 0.6) is 0 Å². The molecule has 74 valence electrons. The second-order valence-electron chi connectivity index (χ2n) is 3.24. The highest BCUT2D eigenvalue weighted by Gasteiger charge is 2.23. The molecule has 1 fully saturated rings. The second kappa shape index (κ2) is 4.18. The molecule has 0 radical (unpaired) electrons. The van der Waals surface area contributed by atoms with Crippen molar-refractivity contribution in [3.8, 4) is 0 Å². The Labute approximate surface area is 105 Å². The molecule has 1 amide bonds. The maximum absolute atomic E-state index is 11.5. The van der Waals surface area contributed by atoms with E-state index in [0.29, 0.717) is 6.42 Å². The van der Waals surface area contributed by atoms with E-state index in [1.54, 1.807) is 0 Å². The van der Waals surface area contributed by atoms with Crippen LogP contribution in [0.4, 0.5) is 5.69 Å². The van der Waals surface area contributed by atoms with Crippen molar-refractivity contribution < 1.29 is 4.79 Å². The first-order chi connectivity index (χ1) is 6.68. The van der Waals surface area contributed by atoms with Crippen LogP contribution in [0, 0.1) is 3.57 Å². The van der Waals surface area contributed by atoms with Crippen molar-refractivity contribution in [1.82, 2.24) is 0 Å². The lowest BCUT2D eigenvalue weighted by molar-refractivity contribution is -0.117. The number of amides is 1. The molecular weight excluding hydrogens is 357 g/mol. The Bertz CT molecular complexity index is 380. The highest BCUT2D eigenvalue weighted by molar-refractivity contribution is 14.1. The number of carbonyl (C=O) groups excluding carboxylic acids is 1. The zero-order valence-corrected chi connectivity index (χ0v) is 11.2. The Morgan fingerprint density at radius 1 is 1.43 bits per heavy atom. The molecule has 0 atom stereocenters. The van der Waals surface area contributed by atoms with E-state index < -0.39 is 0 Å². The van der Waals surface area contributed by atoms with Crippen LogP contribution in [-0.2, 0) is 4.79 Å². The summed E-state index contributed by atoms with van der Waals surface area (Å²) < 4.78 is 2.15. The summed E-state index contributed by atoms with van der Waals surface area (Å²) in [5, 5.41) is 0. The molecule has 0 unspecified atom stereocenters. The molecule has 0 saturated carbocycles. The summed E-state index contributed by atoms with van der Waals surface area (Å²) in [6.07, 6.45) is 1.66. The molecule has 1 aliphatic heterocycles. The Morgan fingerprint density at radius 3 is 2.86 bits per heavy atom. The van der Waals surface area contributed by atoms with Gasteiger partial charge in [-0.25, -0.2) is 0 Å². The third-order valence-corrected chi connectivity index (χ3v) is 3.68. The lowest BCUT2D eigenvalue weighted by atomic mass is 10.3. The maximum Gasteiger partial charge on any atom is 0.227 e. The van der Waals surface area contributed by atoms with Gasteiger partial charge in [0.25, 0.3) is 0 Å². The summed E-state index contributed by atoms with van der Waals surface area (Å²) in [5.41, 5.74) is 1.03. The van der Waals surface area contributed by atoms with Crippen molar-refractivity contribution in [2.24, 2.45) is 0 Å². The highest BCUT2D eigenvalue weighted by atomic mass is 127. The van der Waals surface area contributed by atoms with Gasteiger partial charge < -0.3 is 4.90 Å². The van der Waals surface area contributed by atoms with E-state index in [1.165, 1.54) is 0 Å². The monoisotopic (exact) mass is 365 g/mol. The minimum Gasteiger partial charge on any atom is -0.311 e. The van der Waals surface area contributed by atoms with E-state index in [-0.39, 0.29) is 5.91 Å². The predicted molar refractivity (Wildman–Crippen MR) is 68.4 cm³/mol. The lowest BCUT2D eigenvalue weighted by Crippen LogP contribution is -2.24.